The van der Waals surface area contributed by atoms with Crippen LogP contribution in [0.1, 0.15) is 16.8 Å². The van der Waals surface area contributed by atoms with Gasteiger partial charge in [0.25, 0.3) is 5.91 Å². The van der Waals surface area contributed by atoms with Crippen LogP contribution in [0.25, 0.3) is 0 Å². The zero-order chi connectivity index (χ0) is 13.1. The Bertz CT molecular complexity index is 432. The molecular weight excluding hydrogens is 299 g/mol. The van der Waals surface area contributed by atoms with Crippen LogP contribution in [0.5, 0.6) is 0 Å². The van der Waals surface area contributed by atoms with Crippen molar-refractivity contribution in [3.05, 3.63) is 34.1 Å². The predicted molar refractivity (Wildman–Crippen MR) is 72.0 cm³/mol. The summed E-state index contributed by atoms with van der Waals surface area (Å²) in [6.45, 7) is 2.41. The lowest BCUT2D eigenvalue weighted by molar-refractivity contribution is 0.0786. The van der Waals surface area contributed by atoms with Crippen LogP contribution in [-0.2, 0) is 0 Å². The maximum atomic E-state index is 13.3. The summed E-state index contributed by atoms with van der Waals surface area (Å²) in [6, 6.07) is 4.31. The molecule has 1 aromatic rings. The van der Waals surface area contributed by atoms with Crippen LogP contribution in [0.2, 0.25) is 0 Å². The van der Waals surface area contributed by atoms with E-state index in [1.807, 2.05) is 7.05 Å². The Morgan fingerprint density at radius 1 is 1.56 bits per heavy atom. The summed E-state index contributed by atoms with van der Waals surface area (Å²) in [4.78, 5) is 14.0. The van der Waals surface area contributed by atoms with Gasteiger partial charge < -0.3 is 10.2 Å². The molecule has 1 aliphatic heterocycles. The van der Waals surface area contributed by atoms with Gasteiger partial charge in [0, 0.05) is 23.1 Å². The van der Waals surface area contributed by atoms with Crippen LogP contribution in [0, 0.1) is 11.7 Å². The average Bonchev–Trinajstić information content (AvgIpc) is 2.76. The topological polar surface area (TPSA) is 32.3 Å². The van der Waals surface area contributed by atoms with Crippen molar-refractivity contribution in [2.75, 3.05) is 26.7 Å². The number of likely N-dealkylation sites (tertiary alicyclic amines) is 1. The second-order valence-electron chi connectivity index (χ2n) is 4.62. The molecule has 0 radical (unpaired) electrons. The number of nitrogens with zero attached hydrogens (tertiary/aromatic N) is 1. The van der Waals surface area contributed by atoms with Gasteiger partial charge in [-0.15, -0.1) is 0 Å². The fourth-order valence-corrected chi connectivity index (χ4v) is 2.80. The first kappa shape index (κ1) is 13.5. The fraction of sp³-hybridized carbons (Fsp3) is 0.462. The Morgan fingerprint density at radius 2 is 2.33 bits per heavy atom. The first-order valence-electron chi connectivity index (χ1n) is 6.00. The minimum atomic E-state index is -0.390. The normalized spacial score (nSPS) is 19.3. The Hall–Kier alpha value is -0.940. The maximum Gasteiger partial charge on any atom is 0.254 e. The van der Waals surface area contributed by atoms with Crippen LogP contribution in [0.15, 0.2) is 22.7 Å². The van der Waals surface area contributed by atoms with Gasteiger partial charge in [0.2, 0.25) is 0 Å². The van der Waals surface area contributed by atoms with Gasteiger partial charge >= 0.3 is 0 Å². The molecule has 1 heterocycles. The smallest absolute Gasteiger partial charge is 0.254 e. The van der Waals surface area contributed by atoms with Crippen molar-refractivity contribution in [3.63, 3.8) is 0 Å². The molecule has 3 nitrogen and oxygen atoms in total. The number of halogens is 2. The van der Waals surface area contributed by atoms with Gasteiger partial charge in [-0.3, -0.25) is 4.79 Å². The summed E-state index contributed by atoms with van der Waals surface area (Å²) >= 11 is 3.21. The lowest BCUT2D eigenvalue weighted by Gasteiger charge is -2.16. The van der Waals surface area contributed by atoms with Crippen molar-refractivity contribution >= 4 is 21.8 Å². The third kappa shape index (κ3) is 3.09. The van der Waals surface area contributed by atoms with Crippen molar-refractivity contribution in [2.45, 2.75) is 6.42 Å². The minimum Gasteiger partial charge on any atom is -0.338 e. The minimum absolute atomic E-state index is 0.0891. The summed E-state index contributed by atoms with van der Waals surface area (Å²) in [5.74, 6) is 0.0171. The third-order valence-electron chi connectivity index (χ3n) is 3.18. The van der Waals surface area contributed by atoms with Gasteiger partial charge in [0.15, 0.2) is 0 Å². The molecule has 0 aliphatic carbocycles. The number of rotatable bonds is 3. The van der Waals surface area contributed by atoms with Crippen LogP contribution in [0.3, 0.4) is 0 Å². The Balaban J connectivity index is 2.08. The molecule has 1 saturated heterocycles. The molecule has 5 heteroatoms. The second-order valence-corrected chi connectivity index (χ2v) is 5.54. The third-order valence-corrected chi connectivity index (χ3v) is 3.63. The zero-order valence-electron chi connectivity index (χ0n) is 10.2. The molecule has 1 aliphatic rings. The average molecular weight is 315 g/mol. The Morgan fingerprint density at radius 3 is 3.00 bits per heavy atom. The standard InChI is InChI=1S/C13H16BrFN2O/c1-16-7-9-2-3-17(8-9)13(18)10-4-11(14)6-12(15)5-10/h4-6,9,16H,2-3,7-8H2,1H3/t9-/m1/s1. The van der Waals surface area contributed by atoms with Crippen molar-refractivity contribution in [1.82, 2.24) is 10.2 Å². The van der Waals surface area contributed by atoms with Gasteiger partial charge in [-0.2, -0.15) is 0 Å². The predicted octanol–water partition coefficient (Wildman–Crippen LogP) is 2.27. The zero-order valence-corrected chi connectivity index (χ0v) is 11.8. The van der Waals surface area contributed by atoms with E-state index >= 15 is 0 Å². The lowest BCUT2D eigenvalue weighted by atomic mass is 10.1. The summed E-state index contributed by atoms with van der Waals surface area (Å²) in [6.07, 6.45) is 1.00. The summed E-state index contributed by atoms with van der Waals surface area (Å²) in [5.41, 5.74) is 0.409. The quantitative estimate of drug-likeness (QED) is 0.928. The molecule has 0 unspecified atom stereocenters. The van der Waals surface area contributed by atoms with Gasteiger partial charge in [0.1, 0.15) is 5.82 Å². The highest BCUT2D eigenvalue weighted by Gasteiger charge is 2.26. The molecule has 0 spiro atoms. The van der Waals surface area contributed by atoms with E-state index < -0.39 is 5.82 Å². The molecule has 18 heavy (non-hydrogen) atoms. The molecule has 98 valence electrons. The summed E-state index contributed by atoms with van der Waals surface area (Å²) in [7, 11) is 1.91. The van der Waals surface area contributed by atoms with Crippen LogP contribution in [0.4, 0.5) is 4.39 Å². The molecular formula is C13H16BrFN2O. The summed E-state index contributed by atoms with van der Waals surface area (Å²) in [5, 5.41) is 3.12. The molecule has 1 aromatic carbocycles. The SMILES string of the molecule is CNC[C@H]1CCN(C(=O)c2cc(F)cc(Br)c2)C1. The number of carbonyl (C=O) groups is 1. The van der Waals surface area contributed by atoms with Crippen molar-refractivity contribution in [2.24, 2.45) is 5.92 Å². The van der Waals surface area contributed by atoms with Crippen LogP contribution < -0.4 is 5.32 Å². The van der Waals surface area contributed by atoms with Gasteiger partial charge in [-0.05, 0) is 44.1 Å². The number of benzene rings is 1. The van der Waals surface area contributed by atoms with E-state index in [1.54, 1.807) is 11.0 Å². The molecule has 1 N–H and O–H groups in total. The van der Waals surface area contributed by atoms with Crippen molar-refractivity contribution < 1.29 is 9.18 Å². The number of carbonyl (C=O) groups excluding carboxylic acids is 1. The second kappa shape index (κ2) is 5.80. The van der Waals surface area contributed by atoms with Crippen molar-refractivity contribution in [3.8, 4) is 0 Å². The van der Waals surface area contributed by atoms with E-state index in [1.165, 1.54) is 12.1 Å². The number of nitrogens with one attached hydrogen (secondary N) is 1. The van der Waals surface area contributed by atoms with Gasteiger partial charge in [0.05, 0.1) is 0 Å². The summed E-state index contributed by atoms with van der Waals surface area (Å²) < 4.78 is 13.9. The number of amides is 1. The molecule has 2 rings (SSSR count). The number of hydrogen-bond donors (Lipinski definition) is 1. The van der Waals surface area contributed by atoms with Crippen LogP contribution in [-0.4, -0.2) is 37.5 Å². The first-order valence-corrected chi connectivity index (χ1v) is 6.79. The van der Waals surface area contributed by atoms with E-state index in [4.69, 9.17) is 0 Å². The van der Waals surface area contributed by atoms with Crippen molar-refractivity contribution in [1.29, 1.82) is 0 Å². The highest BCUT2D eigenvalue weighted by Crippen LogP contribution is 2.21. The largest absolute Gasteiger partial charge is 0.338 e. The van der Waals surface area contributed by atoms with Gasteiger partial charge in [-0.1, -0.05) is 15.9 Å². The van der Waals surface area contributed by atoms with E-state index in [-0.39, 0.29) is 5.91 Å². The number of hydrogen-bond acceptors (Lipinski definition) is 2. The molecule has 0 aromatic heterocycles. The van der Waals surface area contributed by atoms with E-state index in [9.17, 15) is 9.18 Å². The molecule has 1 fully saturated rings. The molecule has 1 amide bonds. The van der Waals surface area contributed by atoms with E-state index in [0.717, 1.165) is 26.1 Å². The van der Waals surface area contributed by atoms with Gasteiger partial charge in [-0.25, -0.2) is 4.39 Å². The molecule has 1 atom stereocenters. The van der Waals surface area contributed by atoms with E-state index in [0.29, 0.717) is 16.0 Å². The highest BCUT2D eigenvalue weighted by molar-refractivity contribution is 9.10. The molecule has 0 saturated carbocycles. The fourth-order valence-electron chi connectivity index (χ4n) is 2.33. The highest BCUT2D eigenvalue weighted by atomic mass is 79.9. The monoisotopic (exact) mass is 314 g/mol. The first-order chi connectivity index (χ1) is 8.60. The Labute approximate surface area is 114 Å². The maximum absolute atomic E-state index is 13.3. The molecule has 0 bridgehead atoms. The Kier molecular flexibility index (Phi) is 4.35. The van der Waals surface area contributed by atoms with Crippen LogP contribution >= 0.6 is 15.9 Å². The lowest BCUT2D eigenvalue weighted by Crippen LogP contribution is -2.30. The van der Waals surface area contributed by atoms with E-state index in [2.05, 4.69) is 21.2 Å².